The number of hydrogen-bond acceptors (Lipinski definition) is 2. The fourth-order valence-corrected chi connectivity index (χ4v) is 7.77. The molecule has 0 saturated heterocycles. The van der Waals surface area contributed by atoms with Gasteiger partial charge in [0.15, 0.2) is 0 Å². The molecule has 2 nitrogen and oxygen atoms in total. The number of para-hydroxylation sites is 1. The fraction of sp³-hybridized carbons (Fsp3) is 0.174. The first-order valence-corrected chi connectivity index (χ1v) is 17.5. The Morgan fingerprint density at radius 1 is 0.562 bits per heavy atom. The smallest absolute Gasteiger partial charge is 0.0536 e. The van der Waals surface area contributed by atoms with Crippen LogP contribution in [0.3, 0.4) is 0 Å². The summed E-state index contributed by atoms with van der Waals surface area (Å²) in [6.45, 7) is 4.53. The van der Waals surface area contributed by atoms with Gasteiger partial charge in [-0.15, -0.1) is 0 Å². The second kappa shape index (κ2) is 13.0. The van der Waals surface area contributed by atoms with E-state index in [0.29, 0.717) is 0 Å². The Labute approximate surface area is 285 Å². The molecule has 3 aliphatic rings. The van der Waals surface area contributed by atoms with Gasteiger partial charge >= 0.3 is 0 Å². The number of nitrogens with zero attached hydrogens (tertiary/aromatic N) is 2. The second-order valence-electron chi connectivity index (χ2n) is 13.2. The van der Waals surface area contributed by atoms with Crippen molar-refractivity contribution in [3.05, 3.63) is 172 Å². The summed E-state index contributed by atoms with van der Waals surface area (Å²) in [5.74, 6) is 0. The van der Waals surface area contributed by atoms with E-state index in [0.717, 1.165) is 38.5 Å². The van der Waals surface area contributed by atoms with E-state index in [2.05, 4.69) is 169 Å². The van der Waals surface area contributed by atoms with Crippen molar-refractivity contribution in [2.45, 2.75) is 52.4 Å². The van der Waals surface area contributed by atoms with Gasteiger partial charge in [0.05, 0.1) is 5.69 Å². The fourth-order valence-electron chi connectivity index (χ4n) is 7.77. The predicted molar refractivity (Wildman–Crippen MR) is 205 cm³/mol. The Kier molecular flexibility index (Phi) is 8.16. The summed E-state index contributed by atoms with van der Waals surface area (Å²) in [5, 5.41) is 2.70. The molecule has 0 amide bonds. The highest BCUT2D eigenvalue weighted by molar-refractivity contribution is 5.86. The zero-order valence-electron chi connectivity index (χ0n) is 28.0. The van der Waals surface area contributed by atoms with E-state index in [1.165, 1.54) is 78.0 Å². The largest absolute Gasteiger partial charge is 0.317 e. The molecule has 48 heavy (non-hydrogen) atoms. The molecule has 0 aliphatic heterocycles. The van der Waals surface area contributed by atoms with Crippen molar-refractivity contribution in [1.29, 1.82) is 0 Å². The summed E-state index contributed by atoms with van der Waals surface area (Å²) >= 11 is 0. The summed E-state index contributed by atoms with van der Waals surface area (Å²) in [4.78, 5) is 4.97. The van der Waals surface area contributed by atoms with Crippen molar-refractivity contribution in [3.8, 4) is 11.1 Å². The van der Waals surface area contributed by atoms with Crippen molar-refractivity contribution >= 4 is 40.6 Å². The Balaban J connectivity index is 1.20. The van der Waals surface area contributed by atoms with Gasteiger partial charge in [-0.3, -0.25) is 0 Å². The lowest BCUT2D eigenvalue weighted by Crippen LogP contribution is -2.36. The Morgan fingerprint density at radius 3 is 2.04 bits per heavy atom. The zero-order chi connectivity index (χ0) is 32.5. The number of rotatable bonds is 7. The second-order valence-corrected chi connectivity index (χ2v) is 13.2. The van der Waals surface area contributed by atoms with Crippen LogP contribution in [0.4, 0.5) is 22.7 Å². The molecule has 0 N–H and O–H groups in total. The third-order valence-electron chi connectivity index (χ3n) is 10.1. The summed E-state index contributed by atoms with van der Waals surface area (Å²) in [6.07, 6.45) is 20.2. The Hall–Kier alpha value is -5.34. The van der Waals surface area contributed by atoms with Crippen LogP contribution in [-0.4, -0.2) is 0 Å². The average Bonchev–Trinajstić information content (AvgIpc) is 3.13. The first-order valence-electron chi connectivity index (χ1n) is 17.5. The molecule has 0 unspecified atom stereocenters. The molecular weight excluding hydrogens is 581 g/mol. The lowest BCUT2D eigenvalue weighted by atomic mass is 9.93. The van der Waals surface area contributed by atoms with Gasteiger partial charge < -0.3 is 9.80 Å². The molecule has 0 spiro atoms. The molecule has 236 valence electrons. The molecule has 0 fully saturated rings. The van der Waals surface area contributed by atoms with Gasteiger partial charge in [-0.25, -0.2) is 0 Å². The van der Waals surface area contributed by atoms with Crippen LogP contribution in [0.15, 0.2) is 139 Å². The van der Waals surface area contributed by atoms with Gasteiger partial charge in [-0.1, -0.05) is 97.1 Å². The van der Waals surface area contributed by atoms with Crippen molar-refractivity contribution in [2.75, 3.05) is 9.80 Å². The number of fused-ring (bicyclic) bond motifs is 2. The topological polar surface area (TPSA) is 6.48 Å². The summed E-state index contributed by atoms with van der Waals surface area (Å²) < 4.78 is 0. The van der Waals surface area contributed by atoms with E-state index in [9.17, 15) is 0 Å². The maximum absolute atomic E-state index is 2.55. The minimum Gasteiger partial charge on any atom is -0.317 e. The highest BCUT2D eigenvalue weighted by atomic mass is 15.2. The van der Waals surface area contributed by atoms with Crippen LogP contribution >= 0.6 is 0 Å². The number of aryl methyl sites for hydroxylation is 3. The number of hydrogen-bond donors (Lipinski definition) is 0. The maximum Gasteiger partial charge on any atom is 0.0536 e. The SMILES string of the molecule is Cc1cc(N(C2=CC=CCC2)C2=c3ccccc3=CCC2)ccc1-c1ccc(N(c2ccccc2)c2cccc3c2C=CCC3)cc1C. The summed E-state index contributed by atoms with van der Waals surface area (Å²) in [7, 11) is 0. The molecule has 0 atom stereocenters. The Bertz CT molecular complexity index is 2220. The minimum absolute atomic E-state index is 1.04. The van der Waals surface area contributed by atoms with Crippen molar-refractivity contribution in [3.63, 3.8) is 0 Å². The molecule has 5 aromatic carbocycles. The van der Waals surface area contributed by atoms with Gasteiger partial charge in [-0.05, 0) is 134 Å². The van der Waals surface area contributed by atoms with Crippen LogP contribution in [-0.2, 0) is 6.42 Å². The molecule has 0 aromatic heterocycles. The molecule has 5 aromatic rings. The molecule has 0 saturated carbocycles. The molecule has 0 bridgehead atoms. The minimum atomic E-state index is 1.04. The normalized spacial score (nSPS) is 14.9. The van der Waals surface area contributed by atoms with Gasteiger partial charge in [-0.2, -0.15) is 0 Å². The van der Waals surface area contributed by atoms with Crippen LogP contribution < -0.4 is 20.2 Å². The van der Waals surface area contributed by atoms with E-state index in [-0.39, 0.29) is 0 Å². The monoisotopic (exact) mass is 622 g/mol. The van der Waals surface area contributed by atoms with Crippen LogP contribution in [0, 0.1) is 13.8 Å². The highest BCUT2D eigenvalue weighted by Crippen LogP contribution is 2.42. The van der Waals surface area contributed by atoms with Crippen LogP contribution in [0.1, 0.15) is 54.4 Å². The molecule has 2 heteroatoms. The third kappa shape index (κ3) is 5.62. The van der Waals surface area contributed by atoms with Gasteiger partial charge in [0.25, 0.3) is 0 Å². The zero-order valence-corrected chi connectivity index (χ0v) is 28.0. The summed E-state index contributed by atoms with van der Waals surface area (Å²) in [6, 6.07) is 40.4. The van der Waals surface area contributed by atoms with Crippen LogP contribution in [0.25, 0.3) is 29.0 Å². The molecule has 0 heterocycles. The molecule has 0 radical (unpaired) electrons. The van der Waals surface area contributed by atoms with Crippen molar-refractivity contribution < 1.29 is 0 Å². The van der Waals surface area contributed by atoms with E-state index < -0.39 is 0 Å². The predicted octanol–water partition coefficient (Wildman–Crippen LogP) is 10.8. The van der Waals surface area contributed by atoms with Gasteiger partial charge in [0.2, 0.25) is 0 Å². The van der Waals surface area contributed by atoms with Crippen LogP contribution in [0.2, 0.25) is 0 Å². The van der Waals surface area contributed by atoms with Crippen LogP contribution in [0.5, 0.6) is 0 Å². The van der Waals surface area contributed by atoms with E-state index in [1.54, 1.807) is 0 Å². The molecule has 3 aliphatic carbocycles. The average molecular weight is 623 g/mol. The van der Waals surface area contributed by atoms with Crippen molar-refractivity contribution in [1.82, 2.24) is 0 Å². The lowest BCUT2D eigenvalue weighted by molar-refractivity contribution is 0.893. The molecule has 8 rings (SSSR count). The maximum atomic E-state index is 2.55. The number of anilines is 4. The highest BCUT2D eigenvalue weighted by Gasteiger charge is 2.22. The van der Waals surface area contributed by atoms with E-state index >= 15 is 0 Å². The quantitative estimate of drug-likeness (QED) is 0.178. The van der Waals surface area contributed by atoms with E-state index in [4.69, 9.17) is 0 Å². The standard InChI is InChI=1S/C46H42N2/c1-33-31-39(47(37-19-5-3-6-20-37)45-25-13-17-35-15-9-11-23-43(35)45)27-29-41(33)42-30-28-40(32-34(42)2)48(38-21-7-4-8-22-38)46-26-14-18-36-16-10-12-24-44(36)46/h3-7,10-13,16-21,23-25,27-32H,8-9,14-15,22,26H2,1-2H3. The Morgan fingerprint density at radius 2 is 1.29 bits per heavy atom. The number of benzene rings is 5. The summed E-state index contributed by atoms with van der Waals surface area (Å²) in [5.41, 5.74) is 15.5. The van der Waals surface area contributed by atoms with E-state index in [1.807, 2.05) is 0 Å². The van der Waals surface area contributed by atoms with Crippen molar-refractivity contribution in [2.24, 2.45) is 0 Å². The number of allylic oxidation sites excluding steroid dienone is 5. The lowest BCUT2D eigenvalue weighted by Gasteiger charge is -2.33. The van der Waals surface area contributed by atoms with Gasteiger partial charge in [0, 0.05) is 39.2 Å². The first kappa shape index (κ1) is 30.0. The molecular formula is C46H42N2. The first-order chi connectivity index (χ1) is 23.7. The van der Waals surface area contributed by atoms with Gasteiger partial charge in [0.1, 0.15) is 0 Å². The third-order valence-corrected chi connectivity index (χ3v) is 10.1.